The van der Waals surface area contributed by atoms with Gasteiger partial charge in [0.05, 0.1) is 5.69 Å². The second-order valence-corrected chi connectivity index (χ2v) is 10.7. The van der Waals surface area contributed by atoms with Crippen molar-refractivity contribution in [3.05, 3.63) is 40.4 Å². The topological polar surface area (TPSA) is 104 Å². The molecule has 5 rings (SSSR count). The van der Waals surface area contributed by atoms with Crippen LogP contribution < -0.4 is 10.6 Å². The minimum absolute atomic E-state index is 0.0707. The Kier molecular flexibility index (Phi) is 6.45. The standard InChI is InChI=1S/C23H25N5O3S2/c29-19(13-18-21(31)27-23(33-18)28-11-3-4-12-28)24-15-9-7-14(8-10-15)20(30)26-22-25-16-5-1-2-6-17(16)32-22/h7-10,18H,1-6,11-13H2,(H,24,29)(H,25,26,30)/t18-/m0/s1. The third kappa shape index (κ3) is 5.11. The number of rotatable bonds is 5. The van der Waals surface area contributed by atoms with E-state index in [-0.39, 0.29) is 24.1 Å². The number of hydrogen-bond donors (Lipinski definition) is 2. The van der Waals surface area contributed by atoms with E-state index in [1.807, 2.05) is 0 Å². The predicted octanol–water partition coefficient (Wildman–Crippen LogP) is 3.70. The number of likely N-dealkylation sites (tertiary alicyclic amines) is 1. The van der Waals surface area contributed by atoms with Gasteiger partial charge < -0.3 is 10.2 Å². The fourth-order valence-corrected chi connectivity index (χ4v) is 6.37. The molecule has 0 unspecified atom stereocenters. The third-order valence-electron chi connectivity index (χ3n) is 5.97. The summed E-state index contributed by atoms with van der Waals surface area (Å²) in [6.45, 7) is 1.84. The lowest BCUT2D eigenvalue weighted by atomic mass is 10.0. The van der Waals surface area contributed by atoms with Gasteiger partial charge in [0.15, 0.2) is 10.3 Å². The monoisotopic (exact) mass is 483 g/mol. The van der Waals surface area contributed by atoms with Crippen LogP contribution in [0.25, 0.3) is 0 Å². The van der Waals surface area contributed by atoms with E-state index in [4.69, 9.17) is 0 Å². The van der Waals surface area contributed by atoms with E-state index in [2.05, 4.69) is 25.5 Å². The number of hydrogen-bond acceptors (Lipinski definition) is 7. The number of thioether (sulfide) groups is 1. The highest BCUT2D eigenvalue weighted by atomic mass is 32.2. The lowest BCUT2D eigenvalue weighted by molar-refractivity contribution is -0.121. The van der Waals surface area contributed by atoms with Crippen molar-refractivity contribution in [1.82, 2.24) is 9.88 Å². The number of aliphatic imine (C=N–C) groups is 1. The van der Waals surface area contributed by atoms with Crippen LogP contribution in [0, 0.1) is 0 Å². The third-order valence-corrected chi connectivity index (χ3v) is 8.26. The first-order valence-electron chi connectivity index (χ1n) is 11.3. The van der Waals surface area contributed by atoms with Crippen molar-refractivity contribution in [1.29, 1.82) is 0 Å². The SMILES string of the molecule is O=C(C[C@@H]1SC(N2CCCC2)=NC1=O)Nc1ccc(C(=O)Nc2nc3c(s2)CCCC3)cc1. The fourth-order valence-electron chi connectivity index (χ4n) is 4.21. The highest BCUT2D eigenvalue weighted by molar-refractivity contribution is 8.15. The van der Waals surface area contributed by atoms with E-state index in [9.17, 15) is 14.4 Å². The second-order valence-electron chi connectivity index (χ2n) is 8.41. The average molecular weight is 484 g/mol. The minimum atomic E-state index is -0.477. The maximum absolute atomic E-state index is 12.6. The van der Waals surface area contributed by atoms with Crippen molar-refractivity contribution in [3.8, 4) is 0 Å². The lowest BCUT2D eigenvalue weighted by Gasteiger charge is -2.16. The Balaban J connectivity index is 1.13. The van der Waals surface area contributed by atoms with Crippen molar-refractivity contribution in [2.75, 3.05) is 23.7 Å². The average Bonchev–Trinajstić information content (AvgIpc) is 3.54. The summed E-state index contributed by atoms with van der Waals surface area (Å²) in [4.78, 5) is 49.3. The van der Waals surface area contributed by atoms with Crippen molar-refractivity contribution in [3.63, 3.8) is 0 Å². The number of carbonyl (C=O) groups excluding carboxylic acids is 3. The molecule has 3 amide bonds. The summed E-state index contributed by atoms with van der Waals surface area (Å²) in [7, 11) is 0. The van der Waals surface area contributed by atoms with Gasteiger partial charge in [-0.3, -0.25) is 19.7 Å². The Bertz CT molecular complexity index is 1080. The number of aryl methyl sites for hydroxylation is 2. The molecule has 0 bridgehead atoms. The Hall–Kier alpha value is -2.72. The number of amidine groups is 1. The molecule has 1 atom stereocenters. The summed E-state index contributed by atoms with van der Waals surface area (Å²) in [5.74, 6) is -0.712. The molecule has 3 heterocycles. The molecule has 1 fully saturated rings. The molecule has 10 heteroatoms. The van der Waals surface area contributed by atoms with E-state index in [1.165, 1.54) is 23.1 Å². The minimum Gasteiger partial charge on any atom is -0.351 e. The largest absolute Gasteiger partial charge is 0.351 e. The Labute approximate surface area is 200 Å². The van der Waals surface area contributed by atoms with E-state index >= 15 is 0 Å². The number of nitrogens with one attached hydrogen (secondary N) is 2. The molecule has 0 spiro atoms. The highest BCUT2D eigenvalue weighted by Gasteiger charge is 2.33. The normalized spacial score (nSPS) is 19.9. The quantitative estimate of drug-likeness (QED) is 0.672. The van der Waals surface area contributed by atoms with Gasteiger partial charge in [-0.2, -0.15) is 4.99 Å². The van der Waals surface area contributed by atoms with Crippen LogP contribution in [-0.2, 0) is 22.4 Å². The molecular formula is C23H25N5O3S2. The van der Waals surface area contributed by atoms with E-state index < -0.39 is 5.25 Å². The van der Waals surface area contributed by atoms with Gasteiger partial charge in [-0.05, 0) is 62.8 Å². The van der Waals surface area contributed by atoms with Gasteiger partial charge in [0.1, 0.15) is 5.25 Å². The summed E-state index contributed by atoms with van der Waals surface area (Å²) in [6.07, 6.45) is 6.63. The van der Waals surface area contributed by atoms with Crippen LogP contribution in [0.5, 0.6) is 0 Å². The van der Waals surface area contributed by atoms with Gasteiger partial charge in [-0.15, -0.1) is 11.3 Å². The van der Waals surface area contributed by atoms with Crippen LogP contribution in [0.3, 0.4) is 0 Å². The van der Waals surface area contributed by atoms with Crippen molar-refractivity contribution >= 4 is 56.8 Å². The second kappa shape index (κ2) is 9.64. The molecule has 3 aliphatic rings. The lowest BCUT2D eigenvalue weighted by Crippen LogP contribution is -2.25. The van der Waals surface area contributed by atoms with Crippen LogP contribution in [0.15, 0.2) is 29.3 Å². The molecule has 2 aliphatic heterocycles. The number of fused-ring (bicyclic) bond motifs is 1. The number of amides is 3. The molecule has 1 aromatic carbocycles. The van der Waals surface area contributed by atoms with Crippen LogP contribution >= 0.6 is 23.1 Å². The molecule has 1 saturated heterocycles. The predicted molar refractivity (Wildman–Crippen MR) is 131 cm³/mol. The summed E-state index contributed by atoms with van der Waals surface area (Å²) < 4.78 is 0. The first-order chi connectivity index (χ1) is 16.0. The number of benzene rings is 1. The smallest absolute Gasteiger partial charge is 0.262 e. The number of aromatic nitrogens is 1. The van der Waals surface area contributed by atoms with Gasteiger partial charge >= 0.3 is 0 Å². The summed E-state index contributed by atoms with van der Waals surface area (Å²) in [6, 6.07) is 6.72. The van der Waals surface area contributed by atoms with Crippen LogP contribution in [0.1, 0.15) is 53.0 Å². The molecule has 172 valence electrons. The number of carbonyl (C=O) groups is 3. The van der Waals surface area contributed by atoms with E-state index in [0.29, 0.717) is 16.4 Å². The van der Waals surface area contributed by atoms with Crippen molar-refractivity contribution in [2.24, 2.45) is 4.99 Å². The van der Waals surface area contributed by atoms with Gasteiger partial charge in [0.25, 0.3) is 11.8 Å². The van der Waals surface area contributed by atoms with E-state index in [1.54, 1.807) is 35.6 Å². The van der Waals surface area contributed by atoms with Gasteiger partial charge in [-0.1, -0.05) is 11.8 Å². The van der Waals surface area contributed by atoms with Crippen LogP contribution in [-0.4, -0.2) is 51.1 Å². The highest BCUT2D eigenvalue weighted by Crippen LogP contribution is 2.30. The van der Waals surface area contributed by atoms with E-state index in [0.717, 1.165) is 56.1 Å². The van der Waals surface area contributed by atoms with Gasteiger partial charge in [0, 0.05) is 35.6 Å². The summed E-state index contributed by atoms with van der Waals surface area (Å²) in [5, 5.41) is 6.59. The zero-order valence-corrected chi connectivity index (χ0v) is 19.8. The zero-order valence-electron chi connectivity index (χ0n) is 18.1. The number of nitrogens with zero attached hydrogens (tertiary/aromatic N) is 3. The first kappa shape index (κ1) is 22.1. The molecule has 0 saturated carbocycles. The molecule has 0 radical (unpaired) electrons. The van der Waals surface area contributed by atoms with Gasteiger partial charge in [0.2, 0.25) is 5.91 Å². The summed E-state index contributed by atoms with van der Waals surface area (Å²) in [5.41, 5.74) is 2.18. The van der Waals surface area contributed by atoms with Crippen molar-refractivity contribution in [2.45, 2.75) is 50.2 Å². The van der Waals surface area contributed by atoms with Crippen LogP contribution in [0.2, 0.25) is 0 Å². The fraction of sp³-hybridized carbons (Fsp3) is 0.435. The van der Waals surface area contributed by atoms with Crippen LogP contribution in [0.4, 0.5) is 10.8 Å². The molecule has 8 nitrogen and oxygen atoms in total. The first-order valence-corrected chi connectivity index (χ1v) is 13.0. The molecule has 1 aromatic heterocycles. The molecule has 1 aliphatic carbocycles. The Morgan fingerprint density at radius 1 is 1.03 bits per heavy atom. The maximum atomic E-state index is 12.6. The molecule has 2 aromatic rings. The molecule has 33 heavy (non-hydrogen) atoms. The molecular weight excluding hydrogens is 458 g/mol. The van der Waals surface area contributed by atoms with Crippen molar-refractivity contribution < 1.29 is 14.4 Å². The maximum Gasteiger partial charge on any atom is 0.262 e. The molecule has 2 N–H and O–H groups in total. The zero-order chi connectivity index (χ0) is 22.8. The number of thiazole rings is 1. The Morgan fingerprint density at radius 3 is 2.55 bits per heavy atom. The number of anilines is 2. The Morgan fingerprint density at radius 2 is 1.79 bits per heavy atom. The summed E-state index contributed by atoms with van der Waals surface area (Å²) >= 11 is 2.93. The van der Waals surface area contributed by atoms with Gasteiger partial charge in [-0.25, -0.2) is 4.98 Å².